The van der Waals surface area contributed by atoms with Crippen molar-refractivity contribution in [1.82, 2.24) is 4.98 Å². The fourth-order valence-corrected chi connectivity index (χ4v) is 3.29. The van der Waals surface area contributed by atoms with Crippen LogP contribution in [-0.2, 0) is 6.42 Å². The van der Waals surface area contributed by atoms with E-state index in [0.717, 1.165) is 33.7 Å². The molecule has 2 heterocycles. The molecule has 0 bridgehead atoms. The van der Waals surface area contributed by atoms with Crippen molar-refractivity contribution >= 4 is 28.1 Å². The summed E-state index contributed by atoms with van der Waals surface area (Å²) in [7, 11) is 0. The molecular weight excluding hydrogens is 294 g/mol. The van der Waals surface area contributed by atoms with Gasteiger partial charge >= 0.3 is 0 Å². The predicted molar refractivity (Wildman–Crippen MR) is 87.3 cm³/mol. The number of phenols is 1. The van der Waals surface area contributed by atoms with E-state index in [9.17, 15) is 15.0 Å². The maximum absolute atomic E-state index is 11.5. The normalized spacial score (nSPS) is 17.4. The lowest BCUT2D eigenvalue weighted by Gasteiger charge is -2.24. The van der Waals surface area contributed by atoms with Gasteiger partial charge in [0.2, 0.25) is 0 Å². The molecule has 1 aromatic heterocycles. The number of phenolic OH excluding ortho intramolecular Hbond substituents is 1. The van der Waals surface area contributed by atoms with Gasteiger partial charge in [0.15, 0.2) is 6.29 Å². The molecule has 3 aromatic rings. The average molecular weight is 311 g/mol. The third-order valence-corrected chi connectivity index (χ3v) is 4.52. The highest BCUT2D eigenvalue weighted by molar-refractivity contribution is 6.11. The van der Waals surface area contributed by atoms with Crippen molar-refractivity contribution in [2.45, 2.75) is 32.0 Å². The molecule has 0 unspecified atom stereocenters. The van der Waals surface area contributed by atoms with Crippen LogP contribution < -0.4 is 4.74 Å². The minimum atomic E-state index is -1.00. The van der Waals surface area contributed by atoms with E-state index in [4.69, 9.17) is 4.74 Å². The molecule has 1 aliphatic heterocycles. The Morgan fingerprint density at radius 3 is 2.78 bits per heavy atom. The first kappa shape index (κ1) is 14.1. The number of H-pyrrole nitrogens is 1. The second-order valence-corrected chi connectivity index (χ2v) is 6.63. The molecule has 2 aromatic carbocycles. The van der Waals surface area contributed by atoms with Crippen molar-refractivity contribution in [1.29, 1.82) is 0 Å². The summed E-state index contributed by atoms with van der Waals surface area (Å²) in [4.78, 5) is 14.8. The molecule has 5 nitrogen and oxygen atoms in total. The summed E-state index contributed by atoms with van der Waals surface area (Å²) < 4.78 is 5.87. The number of nitrogens with one attached hydrogen (secondary N) is 1. The molecule has 0 spiro atoms. The van der Waals surface area contributed by atoms with Gasteiger partial charge in [-0.2, -0.15) is 0 Å². The van der Waals surface area contributed by atoms with E-state index in [2.05, 4.69) is 4.98 Å². The number of benzene rings is 2. The monoisotopic (exact) mass is 311 g/mol. The van der Waals surface area contributed by atoms with E-state index < -0.39 is 11.7 Å². The van der Waals surface area contributed by atoms with Crippen molar-refractivity contribution in [2.24, 2.45) is 0 Å². The van der Waals surface area contributed by atoms with Gasteiger partial charge in [-0.25, -0.2) is 0 Å². The summed E-state index contributed by atoms with van der Waals surface area (Å²) in [5.74, 6) is 0.720. The molecule has 0 saturated carbocycles. The summed E-state index contributed by atoms with van der Waals surface area (Å²) in [6, 6.07) is 6.91. The third kappa shape index (κ3) is 2.00. The fraction of sp³-hybridized carbons (Fsp3) is 0.278. The number of aromatic amines is 1. The van der Waals surface area contributed by atoms with Gasteiger partial charge in [0.25, 0.3) is 0 Å². The first-order valence-corrected chi connectivity index (χ1v) is 7.53. The van der Waals surface area contributed by atoms with Crippen molar-refractivity contribution in [2.75, 3.05) is 0 Å². The number of aliphatic hydroxyl groups is 1. The van der Waals surface area contributed by atoms with E-state index in [1.807, 2.05) is 6.07 Å². The summed E-state index contributed by atoms with van der Waals surface area (Å²) in [5, 5.41) is 21.8. The Morgan fingerprint density at radius 1 is 1.30 bits per heavy atom. The van der Waals surface area contributed by atoms with Crippen LogP contribution in [0.2, 0.25) is 0 Å². The number of carbonyl (C=O) groups is 1. The standard InChI is InChI=1S/C18H17NO4/c1-18(2,22)15-7-13-16-12(5-9(8-20)17(13)23-15)11-4-3-10(21)6-14(11)19-16/h3-6,8,15,19,21-22H,7H2,1-2H3/t15-/m0/s1. The number of ether oxygens (including phenoxy) is 1. The first-order valence-electron chi connectivity index (χ1n) is 7.53. The molecule has 3 N–H and O–H groups in total. The Balaban J connectivity index is 2.02. The van der Waals surface area contributed by atoms with E-state index >= 15 is 0 Å². The van der Waals surface area contributed by atoms with Crippen LogP contribution in [0.5, 0.6) is 11.5 Å². The highest BCUT2D eigenvalue weighted by Gasteiger charge is 2.37. The largest absolute Gasteiger partial charge is 0.508 e. The van der Waals surface area contributed by atoms with E-state index in [-0.39, 0.29) is 5.75 Å². The lowest BCUT2D eigenvalue weighted by atomic mass is 9.95. The minimum Gasteiger partial charge on any atom is -0.508 e. The average Bonchev–Trinajstić information content (AvgIpc) is 3.06. The van der Waals surface area contributed by atoms with Crippen molar-refractivity contribution < 1.29 is 19.7 Å². The number of rotatable bonds is 2. The zero-order chi connectivity index (χ0) is 16.4. The van der Waals surface area contributed by atoms with E-state index in [0.29, 0.717) is 17.7 Å². The van der Waals surface area contributed by atoms with Crippen LogP contribution in [0, 0.1) is 0 Å². The highest BCUT2D eigenvalue weighted by Crippen LogP contribution is 2.42. The smallest absolute Gasteiger partial charge is 0.153 e. The maximum atomic E-state index is 11.5. The number of aromatic nitrogens is 1. The number of aromatic hydroxyl groups is 1. The molecule has 0 saturated heterocycles. The van der Waals surface area contributed by atoms with Gasteiger partial charge in [0, 0.05) is 28.8 Å². The summed E-state index contributed by atoms with van der Waals surface area (Å²) in [6.45, 7) is 3.40. The number of fused-ring (bicyclic) bond motifs is 5. The summed E-state index contributed by atoms with van der Waals surface area (Å²) >= 11 is 0. The highest BCUT2D eigenvalue weighted by atomic mass is 16.5. The van der Waals surface area contributed by atoms with Crippen LogP contribution in [0.15, 0.2) is 24.3 Å². The van der Waals surface area contributed by atoms with Crippen LogP contribution in [0.3, 0.4) is 0 Å². The zero-order valence-electron chi connectivity index (χ0n) is 12.9. The Labute approximate surface area is 132 Å². The molecule has 4 rings (SSSR count). The van der Waals surface area contributed by atoms with E-state index in [1.54, 1.807) is 32.0 Å². The van der Waals surface area contributed by atoms with Crippen molar-refractivity contribution in [3.05, 3.63) is 35.4 Å². The van der Waals surface area contributed by atoms with Gasteiger partial charge in [-0.05, 0) is 32.0 Å². The lowest BCUT2D eigenvalue weighted by Crippen LogP contribution is -2.39. The fourth-order valence-electron chi connectivity index (χ4n) is 3.29. The SMILES string of the molecule is CC(C)(O)[C@@H]1Cc2c(c(C=O)cc3c2[nH]c2cc(O)ccc23)O1. The first-order chi connectivity index (χ1) is 10.9. The van der Waals surface area contributed by atoms with Gasteiger partial charge < -0.3 is 19.9 Å². The van der Waals surface area contributed by atoms with Gasteiger partial charge in [-0.15, -0.1) is 0 Å². The molecule has 0 radical (unpaired) electrons. The maximum Gasteiger partial charge on any atom is 0.153 e. The number of hydrogen-bond donors (Lipinski definition) is 3. The number of aldehydes is 1. The molecular formula is C18H17NO4. The van der Waals surface area contributed by atoms with Crippen molar-refractivity contribution in [3.8, 4) is 11.5 Å². The molecule has 0 fully saturated rings. The second-order valence-electron chi connectivity index (χ2n) is 6.63. The Kier molecular flexibility index (Phi) is 2.75. The van der Waals surface area contributed by atoms with Crippen LogP contribution in [0.1, 0.15) is 29.8 Å². The van der Waals surface area contributed by atoms with Gasteiger partial charge in [0.1, 0.15) is 17.6 Å². The lowest BCUT2D eigenvalue weighted by molar-refractivity contribution is -0.0230. The zero-order valence-corrected chi connectivity index (χ0v) is 12.9. The van der Waals surface area contributed by atoms with Crippen molar-refractivity contribution in [3.63, 3.8) is 0 Å². The molecule has 23 heavy (non-hydrogen) atoms. The van der Waals surface area contributed by atoms with Gasteiger partial charge in [0.05, 0.1) is 22.2 Å². The van der Waals surface area contributed by atoms with Crippen LogP contribution in [0.25, 0.3) is 21.8 Å². The molecule has 0 aliphatic carbocycles. The second kappa shape index (κ2) is 4.49. The van der Waals surface area contributed by atoms with E-state index in [1.165, 1.54) is 0 Å². The van der Waals surface area contributed by atoms with Gasteiger partial charge in [-0.1, -0.05) is 0 Å². The molecule has 1 atom stereocenters. The minimum absolute atomic E-state index is 0.182. The number of hydrogen-bond acceptors (Lipinski definition) is 4. The Hall–Kier alpha value is -2.53. The Morgan fingerprint density at radius 2 is 2.09 bits per heavy atom. The molecule has 118 valence electrons. The Bertz CT molecular complexity index is 949. The number of carbonyl (C=O) groups excluding carboxylic acids is 1. The predicted octanol–water partition coefficient (Wildman–Crippen LogP) is 2.91. The quantitative estimate of drug-likeness (QED) is 0.636. The van der Waals surface area contributed by atoms with Crippen LogP contribution in [0.4, 0.5) is 0 Å². The molecule has 1 aliphatic rings. The van der Waals surface area contributed by atoms with Crippen LogP contribution in [-0.4, -0.2) is 33.2 Å². The topological polar surface area (TPSA) is 82.5 Å². The molecule has 5 heteroatoms. The summed E-state index contributed by atoms with van der Waals surface area (Å²) in [5.41, 5.74) is 2.06. The third-order valence-electron chi connectivity index (χ3n) is 4.52. The summed E-state index contributed by atoms with van der Waals surface area (Å²) in [6.07, 6.45) is 0.904. The van der Waals surface area contributed by atoms with Gasteiger partial charge in [-0.3, -0.25) is 4.79 Å². The molecule has 0 amide bonds. The van der Waals surface area contributed by atoms with Crippen LogP contribution >= 0.6 is 0 Å².